The van der Waals surface area contributed by atoms with Crippen LogP contribution in [0.15, 0.2) is 18.2 Å². The molecule has 4 saturated carbocycles. The third kappa shape index (κ3) is 1.47. The van der Waals surface area contributed by atoms with Crippen molar-refractivity contribution < 1.29 is 9.59 Å². The minimum Gasteiger partial charge on any atom is -0.274 e. The largest absolute Gasteiger partial charge is 0.274 e. The minimum atomic E-state index is -0.0178. The van der Waals surface area contributed by atoms with Gasteiger partial charge in [-0.1, -0.05) is 6.07 Å². The molecule has 4 aliphatic carbocycles. The molecule has 114 valence electrons. The molecule has 0 spiro atoms. The van der Waals surface area contributed by atoms with Gasteiger partial charge in [0.1, 0.15) is 0 Å². The van der Waals surface area contributed by atoms with Crippen molar-refractivity contribution in [1.29, 1.82) is 0 Å². The van der Waals surface area contributed by atoms with E-state index in [9.17, 15) is 9.59 Å². The molecule has 2 amide bonds. The van der Waals surface area contributed by atoms with Crippen molar-refractivity contribution in [3.05, 3.63) is 29.3 Å². The van der Waals surface area contributed by atoms with Crippen molar-refractivity contribution >= 4 is 17.5 Å². The van der Waals surface area contributed by atoms with Crippen molar-refractivity contribution in [2.75, 3.05) is 4.90 Å². The molecule has 1 aromatic carbocycles. The zero-order valence-corrected chi connectivity index (χ0v) is 13.1. The van der Waals surface area contributed by atoms with Crippen molar-refractivity contribution in [3.63, 3.8) is 0 Å². The smallest absolute Gasteiger partial charge is 0.237 e. The van der Waals surface area contributed by atoms with Crippen LogP contribution in [-0.4, -0.2) is 11.8 Å². The number of carbonyl (C=O) groups excluding carboxylic acids is 2. The van der Waals surface area contributed by atoms with E-state index in [-0.39, 0.29) is 23.7 Å². The van der Waals surface area contributed by atoms with E-state index >= 15 is 0 Å². The summed E-state index contributed by atoms with van der Waals surface area (Å²) >= 11 is 0. The van der Waals surface area contributed by atoms with Crippen molar-refractivity contribution in [3.8, 4) is 0 Å². The van der Waals surface area contributed by atoms with Crippen LogP contribution in [0.2, 0.25) is 0 Å². The molecule has 5 aliphatic rings. The number of aryl methyl sites for hydroxylation is 2. The number of rotatable bonds is 1. The van der Waals surface area contributed by atoms with Crippen LogP contribution in [0.25, 0.3) is 0 Å². The number of hydrogen-bond donors (Lipinski definition) is 0. The third-order valence-corrected chi connectivity index (χ3v) is 6.61. The number of fused-ring (bicyclic) bond motifs is 1. The summed E-state index contributed by atoms with van der Waals surface area (Å²) in [4.78, 5) is 27.6. The zero-order valence-electron chi connectivity index (χ0n) is 13.1. The second kappa shape index (κ2) is 4.01. The van der Waals surface area contributed by atoms with E-state index in [0.29, 0.717) is 11.8 Å². The van der Waals surface area contributed by atoms with Crippen LogP contribution in [0, 0.1) is 49.4 Å². The maximum Gasteiger partial charge on any atom is 0.237 e. The molecule has 0 radical (unpaired) electrons. The van der Waals surface area contributed by atoms with Gasteiger partial charge in [-0.05, 0) is 80.0 Å². The Morgan fingerprint density at radius 2 is 1.32 bits per heavy atom. The Morgan fingerprint density at radius 1 is 0.818 bits per heavy atom. The predicted molar refractivity (Wildman–Crippen MR) is 83.2 cm³/mol. The number of benzene rings is 1. The second-order valence-electron chi connectivity index (χ2n) is 7.88. The molecule has 0 N–H and O–H groups in total. The Kier molecular flexibility index (Phi) is 2.34. The number of anilines is 1. The van der Waals surface area contributed by atoms with Crippen LogP contribution < -0.4 is 4.90 Å². The first-order chi connectivity index (χ1) is 10.6. The van der Waals surface area contributed by atoms with Gasteiger partial charge >= 0.3 is 0 Å². The van der Waals surface area contributed by atoms with Gasteiger partial charge in [0, 0.05) is 0 Å². The molecule has 0 aromatic heterocycles. The standard InChI is InChI=1S/C19H21NO2/c1-9-5-10(2)7-11(6-9)20-18(21)16-12-3-4-13(15-8-14(12)15)17(16)19(20)22/h5-7,12-17H,3-4,8H2,1-2H3. The summed E-state index contributed by atoms with van der Waals surface area (Å²) in [6.45, 7) is 4.04. The monoisotopic (exact) mass is 295 g/mol. The van der Waals surface area contributed by atoms with Crippen LogP contribution in [0.1, 0.15) is 30.4 Å². The molecule has 3 heteroatoms. The van der Waals surface area contributed by atoms with E-state index in [1.54, 1.807) is 0 Å². The third-order valence-electron chi connectivity index (χ3n) is 6.61. The van der Waals surface area contributed by atoms with E-state index in [1.807, 2.05) is 26.0 Å². The van der Waals surface area contributed by atoms with Gasteiger partial charge < -0.3 is 0 Å². The first kappa shape index (κ1) is 12.9. The molecule has 6 atom stereocenters. The highest BCUT2D eigenvalue weighted by atomic mass is 16.2. The first-order valence-electron chi connectivity index (χ1n) is 8.52. The lowest BCUT2D eigenvalue weighted by Gasteiger charge is -2.42. The van der Waals surface area contributed by atoms with Gasteiger partial charge in [0.05, 0.1) is 17.5 Å². The Balaban J connectivity index is 1.59. The SMILES string of the molecule is Cc1cc(C)cc(N2C(=O)C3C4CCC(C5CC54)C3C2=O)c1. The van der Waals surface area contributed by atoms with Crippen molar-refractivity contribution in [2.45, 2.75) is 33.1 Å². The zero-order chi connectivity index (χ0) is 15.2. The minimum absolute atomic E-state index is 0.0178. The molecule has 1 aliphatic heterocycles. The summed E-state index contributed by atoms with van der Waals surface area (Å²) in [7, 11) is 0. The molecular formula is C19H21NO2. The molecule has 2 bridgehead atoms. The van der Waals surface area contributed by atoms with E-state index in [4.69, 9.17) is 0 Å². The van der Waals surface area contributed by atoms with E-state index < -0.39 is 0 Å². The second-order valence-corrected chi connectivity index (χ2v) is 7.88. The summed E-state index contributed by atoms with van der Waals surface area (Å²) in [5.74, 6) is 2.58. The normalized spacial score (nSPS) is 41.6. The Hall–Kier alpha value is -1.64. The lowest BCUT2D eigenvalue weighted by molar-refractivity contribution is -0.129. The van der Waals surface area contributed by atoms with Gasteiger partial charge in [-0.15, -0.1) is 0 Å². The maximum atomic E-state index is 13.0. The van der Waals surface area contributed by atoms with Gasteiger partial charge in [0.25, 0.3) is 0 Å². The highest BCUT2D eigenvalue weighted by Crippen LogP contribution is 2.68. The summed E-state index contributed by atoms with van der Waals surface area (Å²) in [6, 6.07) is 6.03. The van der Waals surface area contributed by atoms with Crippen LogP contribution in [0.5, 0.6) is 0 Å². The Labute approximate surface area is 130 Å². The van der Waals surface area contributed by atoms with Crippen molar-refractivity contribution in [2.24, 2.45) is 35.5 Å². The quantitative estimate of drug-likeness (QED) is 0.747. The number of hydrogen-bond acceptors (Lipinski definition) is 2. The highest BCUT2D eigenvalue weighted by molar-refractivity contribution is 6.22. The van der Waals surface area contributed by atoms with Crippen LogP contribution >= 0.6 is 0 Å². The van der Waals surface area contributed by atoms with E-state index in [2.05, 4.69) is 6.07 Å². The average Bonchev–Trinajstić information content (AvgIpc) is 3.23. The summed E-state index contributed by atoms with van der Waals surface area (Å²) in [5, 5.41) is 0. The molecule has 6 unspecified atom stereocenters. The number of carbonyl (C=O) groups is 2. The fraction of sp³-hybridized carbons (Fsp3) is 0.579. The summed E-state index contributed by atoms with van der Waals surface area (Å²) < 4.78 is 0. The number of nitrogens with zero attached hydrogens (tertiary/aromatic N) is 1. The van der Waals surface area contributed by atoms with Gasteiger partial charge in [0.2, 0.25) is 11.8 Å². The maximum absolute atomic E-state index is 13.0. The topological polar surface area (TPSA) is 37.4 Å². The van der Waals surface area contributed by atoms with Crippen LogP contribution in [0.3, 0.4) is 0 Å². The summed E-state index contributed by atoms with van der Waals surface area (Å²) in [5.41, 5.74) is 3.00. The first-order valence-corrected chi connectivity index (χ1v) is 8.52. The molecule has 5 fully saturated rings. The van der Waals surface area contributed by atoms with Gasteiger partial charge in [0.15, 0.2) is 0 Å². The lowest BCUT2D eigenvalue weighted by atomic mass is 9.59. The Morgan fingerprint density at radius 3 is 1.82 bits per heavy atom. The van der Waals surface area contributed by atoms with Crippen LogP contribution in [0.4, 0.5) is 5.69 Å². The van der Waals surface area contributed by atoms with Crippen molar-refractivity contribution in [1.82, 2.24) is 0 Å². The lowest BCUT2D eigenvalue weighted by Crippen LogP contribution is -2.43. The van der Waals surface area contributed by atoms with Gasteiger partial charge in [-0.25, -0.2) is 0 Å². The molecule has 1 aromatic rings. The van der Waals surface area contributed by atoms with Crippen LogP contribution in [-0.2, 0) is 9.59 Å². The summed E-state index contributed by atoms with van der Waals surface area (Å²) in [6.07, 6.45) is 3.59. The molecule has 1 heterocycles. The Bertz CT molecular complexity index is 655. The fourth-order valence-electron chi connectivity index (χ4n) is 5.87. The molecular weight excluding hydrogens is 274 g/mol. The number of imide groups is 1. The molecule has 1 saturated heterocycles. The molecule has 3 nitrogen and oxygen atoms in total. The van der Waals surface area contributed by atoms with E-state index in [1.165, 1.54) is 11.3 Å². The average molecular weight is 295 g/mol. The number of amides is 2. The van der Waals surface area contributed by atoms with E-state index in [0.717, 1.165) is 41.5 Å². The molecule has 6 rings (SSSR count). The predicted octanol–water partition coefficient (Wildman–Crippen LogP) is 3.08. The van der Waals surface area contributed by atoms with Gasteiger partial charge in [-0.2, -0.15) is 0 Å². The highest BCUT2D eigenvalue weighted by Gasteiger charge is 2.68. The molecule has 22 heavy (non-hydrogen) atoms. The fourth-order valence-corrected chi connectivity index (χ4v) is 5.87. The van der Waals surface area contributed by atoms with Gasteiger partial charge in [-0.3, -0.25) is 14.5 Å².